The molecule has 1 fully saturated rings. The quantitative estimate of drug-likeness (QED) is 0.0577. The van der Waals surface area contributed by atoms with Crippen molar-refractivity contribution in [2.24, 2.45) is 16.5 Å². The molecule has 0 spiro atoms. The van der Waals surface area contributed by atoms with Crippen molar-refractivity contribution in [2.75, 3.05) is 25.1 Å². The molecule has 0 saturated carbocycles. The van der Waals surface area contributed by atoms with Crippen LogP contribution in [0.1, 0.15) is 44.9 Å². The fourth-order valence-corrected chi connectivity index (χ4v) is 4.00. The van der Waals surface area contributed by atoms with Gasteiger partial charge in [-0.15, -0.1) is 0 Å². The summed E-state index contributed by atoms with van der Waals surface area (Å²) in [6, 6.07) is -3.90. The molecule has 36 heavy (non-hydrogen) atoms. The molecule has 0 aromatic carbocycles. The molecule has 1 aliphatic rings. The average Bonchev–Trinajstić information content (AvgIpc) is 3.35. The number of nitrogens with zero attached hydrogens (tertiary/aromatic N) is 1. The van der Waals surface area contributed by atoms with Gasteiger partial charge in [0.15, 0.2) is 5.96 Å². The number of nitrogens with one attached hydrogen (secondary N) is 4. The Hall–Kier alpha value is -3.07. The van der Waals surface area contributed by atoms with Crippen molar-refractivity contribution in [3.05, 3.63) is 0 Å². The lowest BCUT2D eigenvalue weighted by Crippen LogP contribution is -2.57. The first-order chi connectivity index (χ1) is 17.0. The molecule has 15 heteroatoms. The normalized spacial score (nSPS) is 17.3. The van der Waals surface area contributed by atoms with Crippen molar-refractivity contribution >= 4 is 47.4 Å². The van der Waals surface area contributed by atoms with E-state index < -0.39 is 48.3 Å². The Labute approximate surface area is 213 Å². The molecule has 14 nitrogen and oxygen atoms in total. The van der Waals surface area contributed by atoms with Gasteiger partial charge in [0.2, 0.25) is 17.7 Å². The van der Waals surface area contributed by atoms with Crippen molar-refractivity contribution in [3.63, 3.8) is 0 Å². The van der Waals surface area contributed by atoms with Gasteiger partial charge < -0.3 is 42.9 Å². The number of thioether (sulfide) groups is 1. The lowest BCUT2D eigenvalue weighted by atomic mass is 10.1. The Morgan fingerprint density at radius 2 is 1.64 bits per heavy atom. The number of nitrogens with two attached hydrogens (primary N) is 2. The van der Waals surface area contributed by atoms with Crippen molar-refractivity contribution < 1.29 is 34.2 Å². The second-order valence-electron chi connectivity index (χ2n) is 8.33. The van der Waals surface area contributed by atoms with Gasteiger partial charge >= 0.3 is 11.9 Å². The molecule has 0 aliphatic carbocycles. The van der Waals surface area contributed by atoms with Crippen LogP contribution in [0.5, 0.6) is 0 Å². The summed E-state index contributed by atoms with van der Waals surface area (Å²) in [5.41, 5.74) is 10.6. The van der Waals surface area contributed by atoms with Crippen LogP contribution in [-0.4, -0.2) is 95.1 Å². The van der Waals surface area contributed by atoms with Crippen LogP contribution in [0.2, 0.25) is 0 Å². The van der Waals surface area contributed by atoms with Crippen LogP contribution in [0.25, 0.3) is 0 Å². The molecular formula is C21H37N7O7S. The minimum atomic E-state index is -1.45. The van der Waals surface area contributed by atoms with Crippen LogP contribution < -0.4 is 32.7 Å². The molecular weight excluding hydrogens is 494 g/mol. The Balaban J connectivity index is 2.95. The Morgan fingerprint density at radius 3 is 2.17 bits per heavy atom. The fourth-order valence-electron chi connectivity index (χ4n) is 3.53. The van der Waals surface area contributed by atoms with Gasteiger partial charge in [0.05, 0.1) is 6.04 Å². The average molecular weight is 532 g/mol. The molecule has 1 rings (SSSR count). The number of hydrogen-bond donors (Lipinski definition) is 8. The summed E-state index contributed by atoms with van der Waals surface area (Å²) in [5.74, 6) is -3.85. The Bertz CT molecular complexity index is 801. The van der Waals surface area contributed by atoms with Gasteiger partial charge in [0, 0.05) is 13.0 Å². The molecule has 1 heterocycles. The second-order valence-corrected chi connectivity index (χ2v) is 9.32. The monoisotopic (exact) mass is 531 g/mol. The SMILES string of the molecule is CSCCC(NC(=O)C1CCCN1)C(=O)NC(CCCN=C(N)N)C(=O)NC(CCC(=O)O)C(=O)O. The fraction of sp³-hybridized carbons (Fsp3) is 0.714. The molecule has 0 bridgehead atoms. The highest BCUT2D eigenvalue weighted by Gasteiger charge is 2.31. The zero-order valence-electron chi connectivity index (χ0n) is 20.3. The smallest absolute Gasteiger partial charge is 0.326 e. The Kier molecular flexibility index (Phi) is 14.3. The number of carbonyl (C=O) groups is 5. The topological polar surface area (TPSA) is 238 Å². The number of carboxylic acids is 2. The maximum absolute atomic E-state index is 13.1. The number of carboxylic acid groups (broad SMARTS) is 2. The van der Waals surface area contributed by atoms with Crippen LogP contribution in [0.3, 0.4) is 0 Å². The molecule has 0 radical (unpaired) electrons. The van der Waals surface area contributed by atoms with Gasteiger partial charge in [0.1, 0.15) is 18.1 Å². The van der Waals surface area contributed by atoms with Crippen LogP contribution >= 0.6 is 11.8 Å². The van der Waals surface area contributed by atoms with Crippen LogP contribution in [-0.2, 0) is 24.0 Å². The predicted octanol–water partition coefficient (Wildman–Crippen LogP) is -2.05. The van der Waals surface area contributed by atoms with E-state index in [0.29, 0.717) is 25.1 Å². The lowest BCUT2D eigenvalue weighted by Gasteiger charge is -2.25. The zero-order chi connectivity index (χ0) is 27.1. The molecule has 1 saturated heterocycles. The first-order valence-electron chi connectivity index (χ1n) is 11.7. The molecule has 0 aromatic rings. The van der Waals surface area contributed by atoms with Crippen molar-refractivity contribution in [2.45, 2.75) is 69.1 Å². The van der Waals surface area contributed by atoms with E-state index in [1.54, 1.807) is 0 Å². The van der Waals surface area contributed by atoms with Gasteiger partial charge in [-0.05, 0) is 57.1 Å². The highest BCUT2D eigenvalue weighted by Crippen LogP contribution is 2.09. The van der Waals surface area contributed by atoms with E-state index in [1.807, 2.05) is 6.26 Å². The Morgan fingerprint density at radius 1 is 1.00 bits per heavy atom. The van der Waals surface area contributed by atoms with Crippen LogP contribution in [0.4, 0.5) is 0 Å². The van der Waals surface area contributed by atoms with E-state index in [1.165, 1.54) is 11.8 Å². The third-order valence-electron chi connectivity index (χ3n) is 5.46. The zero-order valence-corrected chi connectivity index (χ0v) is 21.1. The molecule has 204 valence electrons. The third-order valence-corrected chi connectivity index (χ3v) is 6.10. The lowest BCUT2D eigenvalue weighted by molar-refractivity contribution is -0.143. The maximum atomic E-state index is 13.1. The van der Waals surface area contributed by atoms with E-state index in [-0.39, 0.29) is 43.7 Å². The first kappa shape index (κ1) is 31.0. The van der Waals surface area contributed by atoms with E-state index in [0.717, 1.165) is 6.42 Å². The highest BCUT2D eigenvalue weighted by molar-refractivity contribution is 7.98. The summed E-state index contributed by atoms with van der Waals surface area (Å²) in [7, 11) is 0. The van der Waals surface area contributed by atoms with Crippen LogP contribution in [0.15, 0.2) is 4.99 Å². The summed E-state index contributed by atoms with van der Waals surface area (Å²) < 4.78 is 0. The van der Waals surface area contributed by atoms with Gasteiger partial charge in [0.25, 0.3) is 0 Å². The molecule has 4 atom stereocenters. The first-order valence-corrected chi connectivity index (χ1v) is 13.1. The largest absolute Gasteiger partial charge is 0.481 e. The summed E-state index contributed by atoms with van der Waals surface area (Å²) in [6.07, 6.45) is 3.27. The number of aliphatic carboxylic acids is 2. The standard InChI is InChI=1S/C21H37N7O7S/c1-36-11-8-14(27-17(31)12-4-2-9-24-12)19(33)26-13(5-3-10-25-21(22)23)18(32)28-15(20(34)35)6-7-16(29)30/h12-15,24H,2-11H2,1H3,(H,26,33)(H,27,31)(H,28,32)(H,29,30)(H,34,35)(H4,22,23,25). The molecule has 0 aromatic heterocycles. The van der Waals surface area contributed by atoms with Crippen LogP contribution in [0, 0.1) is 0 Å². The minimum absolute atomic E-state index is 0.0764. The highest BCUT2D eigenvalue weighted by atomic mass is 32.2. The van der Waals surface area contributed by atoms with E-state index in [2.05, 4.69) is 26.3 Å². The number of carbonyl (C=O) groups excluding carboxylic acids is 3. The second kappa shape index (κ2) is 16.6. The molecule has 4 unspecified atom stereocenters. The van der Waals surface area contributed by atoms with Gasteiger partial charge in [-0.3, -0.25) is 24.2 Å². The summed E-state index contributed by atoms with van der Waals surface area (Å²) in [4.78, 5) is 64.7. The van der Waals surface area contributed by atoms with Gasteiger partial charge in [-0.1, -0.05) is 0 Å². The summed E-state index contributed by atoms with van der Waals surface area (Å²) >= 11 is 1.49. The number of guanidine groups is 1. The summed E-state index contributed by atoms with van der Waals surface area (Å²) in [5, 5.41) is 28.9. The van der Waals surface area contributed by atoms with Gasteiger partial charge in [-0.25, -0.2) is 4.79 Å². The third kappa shape index (κ3) is 12.1. The maximum Gasteiger partial charge on any atom is 0.326 e. The van der Waals surface area contributed by atoms with E-state index >= 15 is 0 Å². The number of aliphatic imine (C=N–C) groups is 1. The van der Waals surface area contributed by atoms with Crippen molar-refractivity contribution in [1.82, 2.24) is 21.3 Å². The number of amides is 3. The molecule has 10 N–H and O–H groups in total. The molecule has 3 amide bonds. The van der Waals surface area contributed by atoms with E-state index in [4.69, 9.17) is 16.6 Å². The van der Waals surface area contributed by atoms with E-state index in [9.17, 15) is 29.1 Å². The number of hydrogen-bond acceptors (Lipinski definition) is 8. The van der Waals surface area contributed by atoms with Gasteiger partial charge in [-0.2, -0.15) is 11.8 Å². The van der Waals surface area contributed by atoms with Crippen molar-refractivity contribution in [3.8, 4) is 0 Å². The minimum Gasteiger partial charge on any atom is -0.481 e. The molecule has 1 aliphatic heterocycles. The number of rotatable bonds is 17. The predicted molar refractivity (Wildman–Crippen MR) is 134 cm³/mol. The van der Waals surface area contributed by atoms with Crippen molar-refractivity contribution in [1.29, 1.82) is 0 Å². The summed E-state index contributed by atoms with van der Waals surface area (Å²) in [6.45, 7) is 0.883.